The lowest BCUT2D eigenvalue weighted by atomic mass is 10.0. The summed E-state index contributed by atoms with van der Waals surface area (Å²) in [7, 11) is 1.62. The topological polar surface area (TPSA) is 66.9 Å². The molecular formula is C23H26N2O4. The summed E-state index contributed by atoms with van der Waals surface area (Å²) in [5.41, 5.74) is 1.15. The van der Waals surface area contributed by atoms with Crippen molar-refractivity contribution < 1.29 is 19.1 Å². The van der Waals surface area contributed by atoms with Gasteiger partial charge in [0.1, 0.15) is 5.60 Å². The SMILES string of the molecule is CN(C[C@@H](Cc1ccccc1)N1C(=O)c2ccccc2C1=O)C(=O)OC(C)(C)C. The minimum Gasteiger partial charge on any atom is -0.444 e. The van der Waals surface area contributed by atoms with E-state index in [9.17, 15) is 14.4 Å². The molecule has 0 aliphatic carbocycles. The second-order valence-corrected chi connectivity index (χ2v) is 8.23. The van der Waals surface area contributed by atoms with E-state index in [4.69, 9.17) is 4.74 Å². The first-order valence-electron chi connectivity index (χ1n) is 9.62. The third-order valence-electron chi connectivity index (χ3n) is 4.69. The Balaban J connectivity index is 1.87. The van der Waals surface area contributed by atoms with Crippen molar-refractivity contribution in [2.45, 2.75) is 38.8 Å². The standard InChI is InChI=1S/C23H26N2O4/c1-23(2,3)29-22(28)24(4)15-17(14-16-10-6-5-7-11-16)25-20(26)18-12-8-9-13-19(18)21(25)27/h5-13,17H,14-15H2,1-4H3/t17-/m1/s1. The van der Waals surface area contributed by atoms with E-state index in [-0.39, 0.29) is 18.4 Å². The predicted molar refractivity (Wildman–Crippen MR) is 110 cm³/mol. The molecular weight excluding hydrogens is 368 g/mol. The number of imide groups is 1. The van der Waals surface area contributed by atoms with Crippen molar-refractivity contribution in [3.8, 4) is 0 Å². The van der Waals surface area contributed by atoms with Gasteiger partial charge in [-0.3, -0.25) is 14.5 Å². The van der Waals surface area contributed by atoms with E-state index in [0.717, 1.165) is 5.56 Å². The molecule has 3 rings (SSSR count). The summed E-state index contributed by atoms with van der Waals surface area (Å²) < 4.78 is 5.43. The van der Waals surface area contributed by atoms with Gasteiger partial charge >= 0.3 is 6.09 Å². The van der Waals surface area contributed by atoms with E-state index < -0.39 is 17.7 Å². The highest BCUT2D eigenvalue weighted by atomic mass is 16.6. The molecule has 0 unspecified atom stereocenters. The van der Waals surface area contributed by atoms with Crippen LogP contribution in [-0.4, -0.2) is 52.9 Å². The molecule has 0 saturated carbocycles. The van der Waals surface area contributed by atoms with Gasteiger partial charge in [0.15, 0.2) is 0 Å². The highest BCUT2D eigenvalue weighted by Crippen LogP contribution is 2.26. The van der Waals surface area contributed by atoms with Crippen LogP contribution in [0.4, 0.5) is 4.79 Å². The lowest BCUT2D eigenvalue weighted by Gasteiger charge is -2.31. The largest absolute Gasteiger partial charge is 0.444 e. The molecule has 0 bridgehead atoms. The van der Waals surface area contributed by atoms with Gasteiger partial charge in [-0.05, 0) is 44.9 Å². The van der Waals surface area contributed by atoms with Crippen LogP contribution in [0.2, 0.25) is 0 Å². The summed E-state index contributed by atoms with van der Waals surface area (Å²) in [5.74, 6) is -0.659. The number of benzene rings is 2. The maximum atomic E-state index is 13.0. The van der Waals surface area contributed by atoms with Crippen LogP contribution < -0.4 is 0 Å². The lowest BCUT2D eigenvalue weighted by molar-refractivity contribution is 0.0232. The Labute approximate surface area is 171 Å². The number of nitrogens with zero attached hydrogens (tertiary/aromatic N) is 2. The molecule has 0 radical (unpaired) electrons. The van der Waals surface area contributed by atoms with Crippen LogP contribution in [0.25, 0.3) is 0 Å². The molecule has 2 aromatic carbocycles. The van der Waals surface area contributed by atoms with Crippen LogP contribution in [0.5, 0.6) is 0 Å². The zero-order chi connectivity index (χ0) is 21.2. The van der Waals surface area contributed by atoms with Crippen LogP contribution in [0.15, 0.2) is 54.6 Å². The van der Waals surface area contributed by atoms with Crippen molar-refractivity contribution in [1.29, 1.82) is 0 Å². The molecule has 0 N–H and O–H groups in total. The van der Waals surface area contributed by atoms with Gasteiger partial charge in [-0.2, -0.15) is 0 Å². The number of ether oxygens (including phenoxy) is 1. The molecule has 1 aliphatic heterocycles. The zero-order valence-corrected chi connectivity index (χ0v) is 17.2. The third-order valence-corrected chi connectivity index (χ3v) is 4.69. The predicted octanol–water partition coefficient (Wildman–Crippen LogP) is 3.76. The highest BCUT2D eigenvalue weighted by Gasteiger charge is 2.40. The molecule has 152 valence electrons. The van der Waals surface area contributed by atoms with E-state index in [1.54, 1.807) is 52.1 Å². The van der Waals surface area contributed by atoms with E-state index >= 15 is 0 Å². The molecule has 1 atom stereocenters. The van der Waals surface area contributed by atoms with Crippen LogP contribution in [0, 0.1) is 0 Å². The van der Waals surface area contributed by atoms with E-state index in [0.29, 0.717) is 17.5 Å². The fraction of sp³-hybridized carbons (Fsp3) is 0.348. The monoisotopic (exact) mass is 394 g/mol. The fourth-order valence-corrected chi connectivity index (χ4v) is 3.39. The minimum atomic E-state index is -0.629. The van der Waals surface area contributed by atoms with Crippen molar-refractivity contribution in [1.82, 2.24) is 9.80 Å². The van der Waals surface area contributed by atoms with Gasteiger partial charge in [0.25, 0.3) is 11.8 Å². The molecule has 1 heterocycles. The van der Waals surface area contributed by atoms with Gasteiger partial charge in [-0.15, -0.1) is 0 Å². The Morgan fingerprint density at radius 1 is 0.966 bits per heavy atom. The van der Waals surface area contributed by atoms with Crippen molar-refractivity contribution in [3.63, 3.8) is 0 Å². The molecule has 0 spiro atoms. The molecule has 29 heavy (non-hydrogen) atoms. The molecule has 0 fully saturated rings. The van der Waals surface area contributed by atoms with Crippen molar-refractivity contribution in [3.05, 3.63) is 71.3 Å². The number of likely N-dealkylation sites (N-methyl/N-ethyl adjacent to an activating group) is 1. The first kappa shape index (κ1) is 20.6. The van der Waals surface area contributed by atoms with Crippen LogP contribution in [-0.2, 0) is 11.2 Å². The van der Waals surface area contributed by atoms with Gasteiger partial charge in [-0.1, -0.05) is 42.5 Å². The number of amides is 3. The molecule has 0 aromatic heterocycles. The summed E-state index contributed by atoms with van der Waals surface area (Å²) >= 11 is 0. The number of rotatable bonds is 5. The zero-order valence-electron chi connectivity index (χ0n) is 17.2. The van der Waals surface area contributed by atoms with Crippen LogP contribution in [0.3, 0.4) is 0 Å². The second kappa shape index (κ2) is 8.07. The number of hydrogen-bond donors (Lipinski definition) is 0. The summed E-state index contributed by atoms with van der Waals surface area (Å²) in [4.78, 5) is 41.1. The Hall–Kier alpha value is -3.15. The average molecular weight is 394 g/mol. The quantitative estimate of drug-likeness (QED) is 0.724. The Morgan fingerprint density at radius 2 is 1.48 bits per heavy atom. The van der Waals surface area contributed by atoms with Crippen LogP contribution in [0.1, 0.15) is 47.1 Å². The number of fused-ring (bicyclic) bond motifs is 1. The average Bonchev–Trinajstić information content (AvgIpc) is 2.92. The van der Waals surface area contributed by atoms with E-state index in [1.165, 1.54) is 9.80 Å². The van der Waals surface area contributed by atoms with Crippen molar-refractivity contribution >= 4 is 17.9 Å². The van der Waals surface area contributed by atoms with Gasteiger partial charge in [0, 0.05) is 13.6 Å². The summed E-state index contributed by atoms with van der Waals surface area (Å²) in [5, 5.41) is 0. The van der Waals surface area contributed by atoms with Gasteiger partial charge < -0.3 is 9.64 Å². The molecule has 6 heteroatoms. The van der Waals surface area contributed by atoms with Gasteiger partial charge in [-0.25, -0.2) is 4.79 Å². The van der Waals surface area contributed by atoms with Crippen LogP contribution >= 0.6 is 0 Å². The number of hydrogen-bond acceptors (Lipinski definition) is 4. The van der Waals surface area contributed by atoms with Crippen molar-refractivity contribution in [2.75, 3.05) is 13.6 Å². The van der Waals surface area contributed by atoms with E-state index in [1.807, 2.05) is 30.3 Å². The smallest absolute Gasteiger partial charge is 0.410 e. The Bertz CT molecular complexity index is 883. The summed E-state index contributed by atoms with van der Waals surface area (Å²) in [6.07, 6.45) is -0.0495. The highest BCUT2D eigenvalue weighted by molar-refractivity contribution is 6.21. The second-order valence-electron chi connectivity index (χ2n) is 8.23. The normalized spacial score (nSPS) is 14.6. The molecule has 0 saturated heterocycles. The first-order chi connectivity index (χ1) is 13.7. The first-order valence-corrected chi connectivity index (χ1v) is 9.62. The van der Waals surface area contributed by atoms with Gasteiger partial charge in [0.2, 0.25) is 0 Å². The summed E-state index contributed by atoms with van der Waals surface area (Å²) in [6.45, 7) is 5.56. The lowest BCUT2D eigenvalue weighted by Crippen LogP contribution is -2.49. The Kier molecular flexibility index (Phi) is 5.73. The number of carbonyl (C=O) groups excluding carboxylic acids is 3. The molecule has 2 aromatic rings. The fourth-order valence-electron chi connectivity index (χ4n) is 3.39. The maximum Gasteiger partial charge on any atom is 0.410 e. The van der Waals surface area contributed by atoms with Crippen molar-refractivity contribution in [2.24, 2.45) is 0 Å². The number of carbonyl (C=O) groups is 3. The maximum absolute atomic E-state index is 13.0. The third kappa shape index (κ3) is 4.65. The van der Waals surface area contributed by atoms with E-state index in [2.05, 4.69) is 0 Å². The molecule has 1 aliphatic rings. The molecule has 6 nitrogen and oxygen atoms in total. The minimum absolute atomic E-state index is 0.176. The summed E-state index contributed by atoms with van der Waals surface area (Å²) in [6, 6.07) is 15.9. The van der Waals surface area contributed by atoms with Gasteiger partial charge in [0.05, 0.1) is 17.2 Å². The Morgan fingerprint density at radius 3 is 2.00 bits per heavy atom. The molecule has 3 amide bonds.